The van der Waals surface area contributed by atoms with Gasteiger partial charge in [-0.15, -0.1) is 11.3 Å². The van der Waals surface area contributed by atoms with Gasteiger partial charge in [-0.3, -0.25) is 4.79 Å². The molecule has 0 unspecified atom stereocenters. The van der Waals surface area contributed by atoms with Crippen LogP contribution >= 0.6 is 43.2 Å². The van der Waals surface area contributed by atoms with Crippen molar-refractivity contribution in [2.45, 2.75) is 32.4 Å². The zero-order chi connectivity index (χ0) is 17.7. The Morgan fingerprint density at radius 1 is 1.24 bits per heavy atom. The number of ether oxygens (including phenoxy) is 1. The fraction of sp³-hybridized carbons (Fsp3) is 0.389. The Morgan fingerprint density at radius 2 is 1.96 bits per heavy atom. The summed E-state index contributed by atoms with van der Waals surface area (Å²) in [4.78, 5) is 14.1. The average Bonchev–Trinajstić information content (AvgIpc) is 2.92. The molecular weight excluding hydrogens is 468 g/mol. The first-order chi connectivity index (χ1) is 12.0. The highest BCUT2D eigenvalue weighted by Crippen LogP contribution is 2.43. The van der Waals surface area contributed by atoms with Crippen molar-refractivity contribution in [3.8, 4) is 5.75 Å². The number of amides is 1. The number of anilines is 1. The summed E-state index contributed by atoms with van der Waals surface area (Å²) in [5.41, 5.74) is 3.08. The molecule has 1 aliphatic carbocycles. The lowest BCUT2D eigenvalue weighted by molar-refractivity contribution is 0.0935. The van der Waals surface area contributed by atoms with Crippen LogP contribution in [-0.2, 0) is 12.8 Å². The number of nitrogens with one attached hydrogen (secondary N) is 2. The highest BCUT2D eigenvalue weighted by molar-refractivity contribution is 9.11. The Bertz CT molecular complexity index is 842. The molecule has 1 aromatic heterocycles. The van der Waals surface area contributed by atoms with Gasteiger partial charge in [-0.25, -0.2) is 0 Å². The van der Waals surface area contributed by atoms with Gasteiger partial charge in [-0.05, 0) is 80.3 Å². The largest absolute Gasteiger partial charge is 0.494 e. The van der Waals surface area contributed by atoms with E-state index in [0.717, 1.165) is 50.1 Å². The van der Waals surface area contributed by atoms with Crippen molar-refractivity contribution in [2.75, 3.05) is 12.4 Å². The Kier molecular flexibility index (Phi) is 4.58. The van der Waals surface area contributed by atoms with E-state index in [0.29, 0.717) is 5.92 Å². The number of hydrogen-bond acceptors (Lipinski definition) is 4. The lowest BCUT2D eigenvalue weighted by Gasteiger charge is -2.27. The molecular formula is C18H18Br2N2O2S. The smallest absolute Gasteiger partial charge is 0.256 e. The van der Waals surface area contributed by atoms with Gasteiger partial charge in [0.25, 0.3) is 5.91 Å². The Balaban J connectivity index is 1.69. The number of carbonyl (C=O) groups is 1. The maximum atomic E-state index is 12.8. The van der Waals surface area contributed by atoms with Gasteiger partial charge in [0.15, 0.2) is 0 Å². The number of hydrogen-bond donors (Lipinski definition) is 2. The second kappa shape index (κ2) is 6.59. The SMILES string of the molecule is COc1c(Br)cc([C@H]2NC(=O)c3c(sc4c3CC[C@H](C)C4)N2)cc1Br. The fourth-order valence-corrected chi connectivity index (χ4v) is 6.55. The van der Waals surface area contributed by atoms with Gasteiger partial charge >= 0.3 is 0 Å². The second-order valence-corrected chi connectivity index (χ2v) is 9.44. The molecule has 1 aromatic carbocycles. The number of rotatable bonds is 2. The molecule has 2 aliphatic rings. The molecule has 1 aliphatic heterocycles. The molecule has 0 saturated carbocycles. The van der Waals surface area contributed by atoms with Gasteiger partial charge in [0.2, 0.25) is 0 Å². The molecule has 7 heteroatoms. The van der Waals surface area contributed by atoms with Gasteiger partial charge in [0.05, 0.1) is 21.6 Å². The fourth-order valence-electron chi connectivity index (χ4n) is 3.57. The molecule has 2 atom stereocenters. The van der Waals surface area contributed by atoms with Crippen LogP contribution in [0.4, 0.5) is 5.00 Å². The van der Waals surface area contributed by atoms with Gasteiger partial charge in [-0.1, -0.05) is 6.92 Å². The Hall–Kier alpha value is -1.05. The minimum atomic E-state index is -0.254. The van der Waals surface area contributed by atoms with E-state index in [1.165, 1.54) is 10.4 Å². The van der Waals surface area contributed by atoms with E-state index in [1.807, 2.05) is 12.1 Å². The number of thiophene rings is 1. The van der Waals surface area contributed by atoms with Crippen molar-refractivity contribution in [1.82, 2.24) is 5.32 Å². The van der Waals surface area contributed by atoms with Gasteiger partial charge in [0.1, 0.15) is 16.9 Å². The van der Waals surface area contributed by atoms with Gasteiger partial charge < -0.3 is 15.4 Å². The van der Waals surface area contributed by atoms with Crippen molar-refractivity contribution in [1.29, 1.82) is 0 Å². The molecule has 2 N–H and O–H groups in total. The minimum absolute atomic E-state index is 0.0221. The summed E-state index contributed by atoms with van der Waals surface area (Å²) < 4.78 is 7.06. The molecule has 25 heavy (non-hydrogen) atoms. The van der Waals surface area contributed by atoms with Gasteiger partial charge in [0, 0.05) is 4.88 Å². The van der Waals surface area contributed by atoms with E-state index in [-0.39, 0.29) is 12.1 Å². The molecule has 1 amide bonds. The molecule has 0 bridgehead atoms. The van der Waals surface area contributed by atoms with Crippen LogP contribution in [0.1, 0.15) is 45.9 Å². The van der Waals surface area contributed by atoms with Crippen molar-refractivity contribution in [3.05, 3.63) is 42.6 Å². The van der Waals surface area contributed by atoms with Crippen LogP contribution in [0.25, 0.3) is 0 Å². The predicted octanol–water partition coefficient (Wildman–Crippen LogP) is 5.26. The zero-order valence-corrected chi connectivity index (χ0v) is 17.9. The topological polar surface area (TPSA) is 50.4 Å². The summed E-state index contributed by atoms with van der Waals surface area (Å²) in [6.45, 7) is 2.28. The van der Waals surface area contributed by atoms with Crippen LogP contribution in [-0.4, -0.2) is 13.0 Å². The van der Waals surface area contributed by atoms with Crippen molar-refractivity contribution in [2.24, 2.45) is 5.92 Å². The molecule has 0 spiro atoms. The number of halogens is 2. The summed E-state index contributed by atoms with van der Waals surface area (Å²) in [7, 11) is 1.63. The Morgan fingerprint density at radius 3 is 2.64 bits per heavy atom. The number of methoxy groups -OCH3 is 1. The third-order valence-electron chi connectivity index (χ3n) is 4.85. The molecule has 2 heterocycles. The van der Waals surface area contributed by atoms with Crippen molar-refractivity contribution in [3.63, 3.8) is 0 Å². The molecule has 0 fully saturated rings. The van der Waals surface area contributed by atoms with E-state index in [1.54, 1.807) is 18.4 Å². The van der Waals surface area contributed by atoms with Gasteiger partial charge in [-0.2, -0.15) is 0 Å². The van der Waals surface area contributed by atoms with E-state index < -0.39 is 0 Å². The normalized spacial score (nSPS) is 21.8. The number of fused-ring (bicyclic) bond motifs is 3. The van der Waals surface area contributed by atoms with Crippen LogP contribution < -0.4 is 15.4 Å². The third kappa shape index (κ3) is 3.00. The summed E-state index contributed by atoms with van der Waals surface area (Å²) in [6.07, 6.45) is 2.98. The van der Waals surface area contributed by atoms with Crippen LogP contribution in [0.15, 0.2) is 21.1 Å². The summed E-state index contributed by atoms with van der Waals surface area (Å²) >= 11 is 8.80. The highest BCUT2D eigenvalue weighted by atomic mass is 79.9. The number of carbonyl (C=O) groups excluding carboxylic acids is 1. The molecule has 4 rings (SSSR count). The van der Waals surface area contributed by atoms with Crippen LogP contribution in [0.5, 0.6) is 5.75 Å². The van der Waals surface area contributed by atoms with E-state index in [2.05, 4.69) is 49.4 Å². The highest BCUT2D eigenvalue weighted by Gasteiger charge is 2.33. The summed E-state index contributed by atoms with van der Waals surface area (Å²) in [5, 5.41) is 7.61. The lowest BCUT2D eigenvalue weighted by Crippen LogP contribution is -2.38. The van der Waals surface area contributed by atoms with E-state index in [4.69, 9.17) is 4.74 Å². The molecule has 2 aromatic rings. The monoisotopic (exact) mass is 484 g/mol. The molecule has 0 saturated heterocycles. The van der Waals surface area contributed by atoms with Crippen LogP contribution in [0.3, 0.4) is 0 Å². The third-order valence-corrected chi connectivity index (χ3v) is 7.21. The average molecular weight is 486 g/mol. The first kappa shape index (κ1) is 17.4. The van der Waals surface area contributed by atoms with Crippen molar-refractivity contribution >= 4 is 54.1 Å². The second-order valence-electron chi connectivity index (χ2n) is 6.62. The van der Waals surface area contributed by atoms with E-state index in [9.17, 15) is 4.79 Å². The zero-order valence-electron chi connectivity index (χ0n) is 13.9. The van der Waals surface area contributed by atoms with Crippen molar-refractivity contribution < 1.29 is 9.53 Å². The summed E-state index contributed by atoms with van der Waals surface area (Å²) in [6, 6.07) is 3.95. The molecule has 4 nitrogen and oxygen atoms in total. The Labute approximate surface area is 167 Å². The van der Waals surface area contributed by atoms with E-state index >= 15 is 0 Å². The molecule has 132 valence electrons. The first-order valence-corrected chi connectivity index (χ1v) is 10.6. The molecule has 0 radical (unpaired) electrons. The quantitative estimate of drug-likeness (QED) is 0.609. The predicted molar refractivity (Wildman–Crippen MR) is 108 cm³/mol. The van der Waals surface area contributed by atoms with Crippen LogP contribution in [0, 0.1) is 5.92 Å². The maximum Gasteiger partial charge on any atom is 0.256 e. The minimum Gasteiger partial charge on any atom is -0.494 e. The van der Waals surface area contributed by atoms with Crippen LogP contribution in [0.2, 0.25) is 0 Å². The lowest BCUT2D eigenvalue weighted by atomic mass is 9.88. The standard InChI is InChI=1S/C18H18Br2N2O2S/c1-8-3-4-10-13(5-8)25-18-14(10)17(23)21-16(22-18)9-6-11(19)15(24-2)12(20)7-9/h6-8,16,22H,3-5H2,1-2H3,(H,21,23)/t8-,16-/m0/s1. The first-order valence-electron chi connectivity index (χ1n) is 8.22. The number of benzene rings is 1. The maximum absolute atomic E-state index is 12.8. The summed E-state index contributed by atoms with van der Waals surface area (Å²) in [5.74, 6) is 1.46.